The second-order valence-corrected chi connectivity index (χ2v) is 8.81. The van der Waals surface area contributed by atoms with E-state index in [1.807, 2.05) is 47.4 Å². The summed E-state index contributed by atoms with van der Waals surface area (Å²) in [6.45, 7) is 1.98. The highest BCUT2D eigenvalue weighted by Crippen LogP contribution is 2.41. The molecular weight excluding hydrogens is 445 g/mol. The zero-order valence-electron chi connectivity index (χ0n) is 18.4. The maximum absolute atomic E-state index is 16.1. The van der Waals surface area contributed by atoms with Crippen LogP contribution in [0.3, 0.4) is 0 Å². The molecule has 2 aromatic rings. The fourth-order valence-electron chi connectivity index (χ4n) is 4.81. The lowest BCUT2D eigenvalue weighted by molar-refractivity contribution is -0.367. The SMILES string of the molecule is F[B-]1(F)n2c(Cl)ccc2C(c2ccccc2)=C2C=CC(N3CCNCCNCCNCC3)=[N+]21. The Morgan fingerprint density at radius 1 is 0.818 bits per heavy atom. The normalized spacial score (nSPS) is 21.5. The molecule has 4 heterocycles. The van der Waals surface area contributed by atoms with Crippen LogP contribution < -0.4 is 16.0 Å². The van der Waals surface area contributed by atoms with Gasteiger partial charge in [0.2, 0.25) is 5.84 Å². The average Bonchev–Trinajstić information content (AvgIpc) is 3.41. The first-order valence-electron chi connectivity index (χ1n) is 11.5. The van der Waals surface area contributed by atoms with Crippen LogP contribution in [0.2, 0.25) is 5.15 Å². The molecule has 5 rings (SSSR count). The Morgan fingerprint density at radius 3 is 2.12 bits per heavy atom. The molecule has 0 bridgehead atoms. The molecule has 0 atom stereocenters. The number of rotatable bonds is 1. The fraction of sp³-hybridized carbons (Fsp3) is 0.348. The van der Waals surface area contributed by atoms with Crippen LogP contribution in [0.4, 0.5) is 8.63 Å². The number of nitrogens with one attached hydrogen (secondary N) is 3. The molecule has 1 saturated heterocycles. The van der Waals surface area contributed by atoms with E-state index in [1.165, 1.54) is 4.49 Å². The molecule has 0 radical (unpaired) electrons. The van der Waals surface area contributed by atoms with Gasteiger partial charge < -0.3 is 33.5 Å². The summed E-state index contributed by atoms with van der Waals surface area (Å²) in [4.78, 5) is 2.04. The number of benzene rings is 1. The number of amidine groups is 1. The van der Waals surface area contributed by atoms with Gasteiger partial charge in [-0.05, 0) is 23.8 Å². The largest absolute Gasteiger partial charge is 0.640 e. The average molecular weight is 473 g/mol. The van der Waals surface area contributed by atoms with Gasteiger partial charge in [-0.1, -0.05) is 41.9 Å². The lowest BCUT2D eigenvalue weighted by Crippen LogP contribution is -2.54. The zero-order valence-corrected chi connectivity index (χ0v) is 19.2. The minimum absolute atomic E-state index is 0.0401. The second kappa shape index (κ2) is 9.42. The third kappa shape index (κ3) is 4.14. The van der Waals surface area contributed by atoms with Crippen LogP contribution in [0.5, 0.6) is 0 Å². The second-order valence-electron chi connectivity index (χ2n) is 8.42. The van der Waals surface area contributed by atoms with Gasteiger partial charge in [0, 0.05) is 56.6 Å². The summed E-state index contributed by atoms with van der Waals surface area (Å²) in [5, 5.41) is 10.2. The predicted molar refractivity (Wildman–Crippen MR) is 130 cm³/mol. The molecule has 0 saturated carbocycles. The molecule has 3 aliphatic heterocycles. The van der Waals surface area contributed by atoms with Crippen molar-refractivity contribution in [2.75, 3.05) is 52.4 Å². The van der Waals surface area contributed by atoms with Gasteiger partial charge in [0.1, 0.15) is 0 Å². The van der Waals surface area contributed by atoms with Crippen molar-refractivity contribution >= 4 is 30.0 Å². The van der Waals surface area contributed by atoms with Crippen molar-refractivity contribution in [1.29, 1.82) is 0 Å². The van der Waals surface area contributed by atoms with Gasteiger partial charge in [-0.3, -0.25) is 4.90 Å². The Morgan fingerprint density at radius 2 is 1.45 bits per heavy atom. The lowest BCUT2D eigenvalue weighted by atomic mass is 9.86. The predicted octanol–water partition coefficient (Wildman–Crippen LogP) is 2.20. The minimum atomic E-state index is -4.16. The Hall–Kier alpha value is -2.46. The van der Waals surface area contributed by atoms with Gasteiger partial charge >= 0.3 is 6.97 Å². The van der Waals surface area contributed by atoms with Crippen molar-refractivity contribution in [3.05, 3.63) is 76.7 Å². The third-order valence-corrected chi connectivity index (χ3v) is 6.67. The number of aromatic nitrogens is 1. The Balaban J connectivity index is 1.61. The van der Waals surface area contributed by atoms with Crippen molar-refractivity contribution in [3.63, 3.8) is 0 Å². The highest BCUT2D eigenvalue weighted by Gasteiger charge is 2.50. The van der Waals surface area contributed by atoms with Gasteiger partial charge in [-0.2, -0.15) is 0 Å². The molecule has 6 nitrogen and oxygen atoms in total. The van der Waals surface area contributed by atoms with Crippen LogP contribution in [0.1, 0.15) is 11.3 Å². The summed E-state index contributed by atoms with van der Waals surface area (Å²) in [6.07, 6.45) is 3.64. The molecule has 0 aliphatic carbocycles. The Labute approximate surface area is 197 Å². The molecule has 1 aromatic carbocycles. The molecule has 33 heavy (non-hydrogen) atoms. The zero-order chi connectivity index (χ0) is 22.8. The Bertz CT molecular complexity index is 1100. The molecular formula is C23H28BClF2N6. The molecule has 1 aromatic heterocycles. The first kappa shape index (κ1) is 22.3. The van der Waals surface area contributed by atoms with Crippen LogP contribution in [0, 0.1) is 0 Å². The maximum Gasteiger partial charge on any atom is 0.640 e. The molecule has 1 fully saturated rings. The highest BCUT2D eigenvalue weighted by atomic mass is 35.5. The van der Waals surface area contributed by atoms with Crippen molar-refractivity contribution < 1.29 is 13.1 Å². The van der Waals surface area contributed by atoms with Gasteiger partial charge in [0.05, 0.1) is 23.9 Å². The van der Waals surface area contributed by atoms with Crippen molar-refractivity contribution in [2.24, 2.45) is 0 Å². The van der Waals surface area contributed by atoms with E-state index in [0.717, 1.165) is 41.8 Å². The summed E-state index contributed by atoms with van der Waals surface area (Å²) < 4.78 is 34.4. The standard InChI is InChI=1S/C23H28BClF2N6/c25-21-8-6-19-23(18-4-2-1-3-5-18)20-7-9-22(33(20)24(26,27)32(19)21)31-16-14-29-12-10-28-11-13-30-15-17-31/h1-9,28-30H,10-17H2. The quantitative estimate of drug-likeness (QED) is 0.557. The summed E-state index contributed by atoms with van der Waals surface area (Å²) in [5.74, 6) is 0.512. The summed E-state index contributed by atoms with van der Waals surface area (Å²) in [6, 6.07) is 12.9. The van der Waals surface area contributed by atoms with Gasteiger partial charge in [-0.15, -0.1) is 0 Å². The number of allylic oxidation sites excluding steroid dienone is 1. The number of hydrogen-bond donors (Lipinski definition) is 3. The topological polar surface area (TPSA) is 47.3 Å². The fourth-order valence-corrected chi connectivity index (χ4v) is 5.08. The van der Waals surface area contributed by atoms with Gasteiger partial charge in [-0.25, -0.2) is 0 Å². The van der Waals surface area contributed by atoms with E-state index in [4.69, 9.17) is 11.6 Å². The number of halogens is 3. The van der Waals surface area contributed by atoms with E-state index in [1.54, 1.807) is 12.1 Å². The van der Waals surface area contributed by atoms with Gasteiger partial charge in [0.15, 0.2) is 0 Å². The van der Waals surface area contributed by atoms with Crippen molar-refractivity contribution in [2.45, 2.75) is 0 Å². The molecule has 0 amide bonds. The highest BCUT2D eigenvalue weighted by molar-refractivity contribution is 6.59. The summed E-state index contributed by atoms with van der Waals surface area (Å²) >= 11 is 6.32. The summed E-state index contributed by atoms with van der Waals surface area (Å²) in [7, 11) is 0. The lowest BCUT2D eigenvalue weighted by Gasteiger charge is -2.37. The van der Waals surface area contributed by atoms with Gasteiger partial charge in [0.25, 0.3) is 0 Å². The van der Waals surface area contributed by atoms with E-state index in [2.05, 4.69) is 16.0 Å². The molecule has 0 unspecified atom stereocenters. The van der Waals surface area contributed by atoms with Crippen molar-refractivity contribution in [1.82, 2.24) is 25.3 Å². The van der Waals surface area contributed by atoms with Crippen LogP contribution in [0.25, 0.3) is 5.57 Å². The van der Waals surface area contributed by atoms with E-state index in [-0.39, 0.29) is 5.15 Å². The number of nitrogens with zero attached hydrogens (tertiary/aromatic N) is 3. The van der Waals surface area contributed by atoms with E-state index < -0.39 is 6.97 Å². The molecule has 3 aliphatic rings. The third-order valence-electron chi connectivity index (χ3n) is 6.36. The molecule has 0 spiro atoms. The number of fused-ring (bicyclic) bond motifs is 2. The maximum atomic E-state index is 16.1. The Kier molecular flexibility index (Phi) is 6.38. The van der Waals surface area contributed by atoms with E-state index in [0.29, 0.717) is 43.4 Å². The molecule has 3 N–H and O–H groups in total. The van der Waals surface area contributed by atoms with Crippen LogP contribution in [-0.2, 0) is 0 Å². The van der Waals surface area contributed by atoms with E-state index >= 15 is 8.63 Å². The van der Waals surface area contributed by atoms with Crippen LogP contribution >= 0.6 is 11.6 Å². The summed E-state index contributed by atoms with van der Waals surface area (Å²) in [5.41, 5.74) is 2.60. The molecule has 10 heteroatoms. The smallest absolute Gasteiger partial charge is 0.414 e. The number of hydrogen-bond acceptors (Lipinski definition) is 4. The van der Waals surface area contributed by atoms with Crippen LogP contribution in [0.15, 0.2) is 60.3 Å². The van der Waals surface area contributed by atoms with Crippen molar-refractivity contribution in [3.8, 4) is 0 Å². The first-order chi connectivity index (χ1) is 16.1. The first-order valence-corrected chi connectivity index (χ1v) is 11.9. The molecule has 174 valence electrons. The minimum Gasteiger partial charge on any atom is -0.414 e. The monoisotopic (exact) mass is 472 g/mol. The van der Waals surface area contributed by atoms with Crippen LogP contribution in [-0.4, -0.2) is 79.0 Å². The van der Waals surface area contributed by atoms with E-state index in [9.17, 15) is 0 Å².